The third-order valence-electron chi connectivity index (χ3n) is 4.40. The van der Waals surface area contributed by atoms with Gasteiger partial charge in [0, 0.05) is 34.8 Å². The van der Waals surface area contributed by atoms with Crippen LogP contribution < -0.4 is 5.32 Å². The van der Waals surface area contributed by atoms with Crippen LogP contribution in [0.25, 0.3) is 10.9 Å². The molecule has 0 aliphatic carbocycles. The Morgan fingerprint density at radius 1 is 0.821 bits per heavy atom. The van der Waals surface area contributed by atoms with Crippen LogP contribution in [0.1, 0.15) is 27.0 Å². The highest BCUT2D eigenvalue weighted by atomic mass is 16.1. The molecule has 1 amide bonds. The summed E-state index contributed by atoms with van der Waals surface area (Å²) in [7, 11) is 0. The highest BCUT2D eigenvalue weighted by molar-refractivity contribution is 5.97. The summed E-state index contributed by atoms with van der Waals surface area (Å²) in [6.07, 6.45) is 1.75. The number of fused-ring (bicyclic) bond motifs is 1. The van der Waals surface area contributed by atoms with Crippen LogP contribution in [-0.4, -0.2) is 10.9 Å². The van der Waals surface area contributed by atoms with Crippen LogP contribution in [0, 0.1) is 11.8 Å². The lowest BCUT2D eigenvalue weighted by atomic mass is 10.1. The van der Waals surface area contributed by atoms with Gasteiger partial charge in [-0.2, -0.15) is 0 Å². The van der Waals surface area contributed by atoms with Crippen molar-refractivity contribution in [3.8, 4) is 11.8 Å². The molecule has 0 unspecified atom stereocenters. The topological polar surface area (TPSA) is 42.0 Å². The summed E-state index contributed by atoms with van der Waals surface area (Å²) in [5.41, 5.74) is 4.48. The van der Waals surface area contributed by atoms with Crippen molar-refractivity contribution < 1.29 is 4.79 Å². The standard InChI is InChI=1S/C25H18N2O/c28-25(23-14-15-24-22(17-23)7-4-16-26-24)27-18-21-12-10-20(11-13-21)9-8-19-5-2-1-3-6-19/h1-7,10-17H,18H2,(H,27,28). The van der Waals surface area contributed by atoms with E-state index in [2.05, 4.69) is 22.1 Å². The van der Waals surface area contributed by atoms with E-state index in [1.807, 2.05) is 78.9 Å². The van der Waals surface area contributed by atoms with Crippen molar-refractivity contribution in [1.82, 2.24) is 10.3 Å². The van der Waals surface area contributed by atoms with E-state index in [1.165, 1.54) is 0 Å². The van der Waals surface area contributed by atoms with Crippen LogP contribution in [-0.2, 0) is 6.54 Å². The molecule has 0 aliphatic heterocycles. The molecule has 0 fully saturated rings. The quantitative estimate of drug-likeness (QED) is 0.543. The third-order valence-corrected chi connectivity index (χ3v) is 4.40. The summed E-state index contributed by atoms with van der Waals surface area (Å²) >= 11 is 0. The first-order chi connectivity index (χ1) is 13.8. The molecule has 3 heteroatoms. The van der Waals surface area contributed by atoms with E-state index in [4.69, 9.17) is 0 Å². The van der Waals surface area contributed by atoms with E-state index >= 15 is 0 Å². The van der Waals surface area contributed by atoms with E-state index in [-0.39, 0.29) is 5.91 Å². The number of carbonyl (C=O) groups is 1. The third kappa shape index (κ3) is 4.25. The zero-order valence-corrected chi connectivity index (χ0v) is 15.2. The van der Waals surface area contributed by atoms with Crippen LogP contribution >= 0.6 is 0 Å². The molecule has 1 N–H and O–H groups in total. The van der Waals surface area contributed by atoms with Crippen molar-refractivity contribution >= 4 is 16.8 Å². The molecule has 1 aromatic heterocycles. The van der Waals surface area contributed by atoms with Crippen LogP contribution in [0.3, 0.4) is 0 Å². The number of pyridine rings is 1. The fraction of sp³-hybridized carbons (Fsp3) is 0.0400. The number of benzene rings is 3. The number of nitrogens with zero attached hydrogens (tertiary/aromatic N) is 1. The molecule has 4 rings (SSSR count). The molecule has 1 heterocycles. The van der Waals surface area contributed by atoms with Crippen molar-refractivity contribution in [1.29, 1.82) is 0 Å². The molecule has 28 heavy (non-hydrogen) atoms. The zero-order valence-electron chi connectivity index (χ0n) is 15.2. The van der Waals surface area contributed by atoms with Crippen molar-refractivity contribution in [2.75, 3.05) is 0 Å². The number of hydrogen-bond donors (Lipinski definition) is 1. The zero-order chi connectivity index (χ0) is 19.2. The molecule has 0 atom stereocenters. The first-order valence-corrected chi connectivity index (χ1v) is 9.07. The van der Waals surface area contributed by atoms with E-state index in [0.717, 1.165) is 27.6 Å². The Hall–Kier alpha value is -3.90. The molecule has 0 saturated carbocycles. The maximum Gasteiger partial charge on any atom is 0.251 e. The van der Waals surface area contributed by atoms with Crippen LogP contribution in [0.15, 0.2) is 91.1 Å². The summed E-state index contributed by atoms with van der Waals surface area (Å²) in [6, 6.07) is 27.2. The van der Waals surface area contributed by atoms with Gasteiger partial charge < -0.3 is 5.32 Å². The molecule has 0 aliphatic rings. The SMILES string of the molecule is O=C(NCc1ccc(C#Cc2ccccc2)cc1)c1ccc2ncccc2c1. The molecule has 134 valence electrons. The predicted molar refractivity (Wildman–Crippen MR) is 112 cm³/mol. The van der Waals surface area contributed by atoms with Gasteiger partial charge in [0.2, 0.25) is 0 Å². The van der Waals surface area contributed by atoms with Gasteiger partial charge in [-0.25, -0.2) is 0 Å². The highest BCUT2D eigenvalue weighted by Crippen LogP contribution is 2.13. The summed E-state index contributed by atoms with van der Waals surface area (Å²) in [4.78, 5) is 16.7. The van der Waals surface area contributed by atoms with Gasteiger partial charge in [0.05, 0.1) is 5.52 Å². The van der Waals surface area contributed by atoms with Crippen molar-refractivity contribution in [3.05, 3.63) is 113 Å². The monoisotopic (exact) mass is 362 g/mol. The first-order valence-electron chi connectivity index (χ1n) is 9.07. The Kier molecular flexibility index (Phi) is 5.13. The molecule has 4 aromatic rings. The predicted octanol–water partition coefficient (Wildman–Crippen LogP) is 4.56. The second-order valence-corrected chi connectivity index (χ2v) is 6.41. The van der Waals surface area contributed by atoms with Gasteiger partial charge >= 0.3 is 0 Å². The molecule has 0 spiro atoms. The Balaban J connectivity index is 1.39. The van der Waals surface area contributed by atoms with Gasteiger partial charge in [0.15, 0.2) is 0 Å². The number of amides is 1. The van der Waals surface area contributed by atoms with Crippen molar-refractivity contribution in [2.45, 2.75) is 6.54 Å². The minimum absolute atomic E-state index is 0.0984. The van der Waals surface area contributed by atoms with Crippen molar-refractivity contribution in [3.63, 3.8) is 0 Å². The van der Waals surface area contributed by atoms with Crippen LogP contribution in [0.2, 0.25) is 0 Å². The summed E-state index contributed by atoms with van der Waals surface area (Å²) in [5.74, 6) is 6.20. The summed E-state index contributed by atoms with van der Waals surface area (Å²) in [5, 5.41) is 3.92. The smallest absolute Gasteiger partial charge is 0.251 e. The van der Waals surface area contributed by atoms with Crippen molar-refractivity contribution in [2.24, 2.45) is 0 Å². The lowest BCUT2D eigenvalue weighted by molar-refractivity contribution is 0.0951. The van der Waals surface area contributed by atoms with Gasteiger partial charge in [-0.1, -0.05) is 48.2 Å². The largest absolute Gasteiger partial charge is 0.348 e. The van der Waals surface area contributed by atoms with Crippen LogP contribution in [0.5, 0.6) is 0 Å². The van der Waals surface area contributed by atoms with E-state index < -0.39 is 0 Å². The minimum Gasteiger partial charge on any atom is -0.348 e. The second-order valence-electron chi connectivity index (χ2n) is 6.41. The number of nitrogens with one attached hydrogen (secondary N) is 1. The van der Waals surface area contributed by atoms with Gasteiger partial charge in [0.25, 0.3) is 5.91 Å². The second kappa shape index (κ2) is 8.20. The minimum atomic E-state index is -0.0984. The maximum atomic E-state index is 12.4. The van der Waals surface area contributed by atoms with Gasteiger partial charge in [-0.05, 0) is 54.1 Å². The fourth-order valence-corrected chi connectivity index (χ4v) is 2.87. The number of rotatable bonds is 3. The van der Waals surface area contributed by atoms with Gasteiger partial charge in [-0.15, -0.1) is 0 Å². The lowest BCUT2D eigenvalue weighted by Crippen LogP contribution is -2.22. The maximum absolute atomic E-state index is 12.4. The molecule has 0 bridgehead atoms. The number of carbonyl (C=O) groups excluding carboxylic acids is 1. The molecule has 0 radical (unpaired) electrons. The van der Waals surface area contributed by atoms with Gasteiger partial charge in [0.1, 0.15) is 0 Å². The molecule has 3 aromatic carbocycles. The van der Waals surface area contributed by atoms with E-state index in [1.54, 1.807) is 12.3 Å². The van der Waals surface area contributed by atoms with E-state index in [9.17, 15) is 4.79 Å². The normalized spacial score (nSPS) is 10.1. The highest BCUT2D eigenvalue weighted by Gasteiger charge is 2.06. The Labute approximate surface area is 164 Å². The average Bonchev–Trinajstić information content (AvgIpc) is 2.77. The van der Waals surface area contributed by atoms with Gasteiger partial charge in [-0.3, -0.25) is 9.78 Å². The number of hydrogen-bond acceptors (Lipinski definition) is 2. The summed E-state index contributed by atoms with van der Waals surface area (Å²) < 4.78 is 0. The molecular formula is C25H18N2O. The Morgan fingerprint density at radius 3 is 2.36 bits per heavy atom. The molecule has 3 nitrogen and oxygen atoms in total. The first kappa shape index (κ1) is 17.5. The molecule has 0 saturated heterocycles. The fourth-order valence-electron chi connectivity index (χ4n) is 2.87. The van der Waals surface area contributed by atoms with E-state index in [0.29, 0.717) is 12.1 Å². The summed E-state index contributed by atoms with van der Waals surface area (Å²) in [6.45, 7) is 0.469. The van der Waals surface area contributed by atoms with Crippen LogP contribution in [0.4, 0.5) is 0 Å². The average molecular weight is 362 g/mol. The Morgan fingerprint density at radius 2 is 1.57 bits per heavy atom. The Bertz CT molecular complexity index is 1170. The number of aromatic nitrogens is 1. The molecular weight excluding hydrogens is 344 g/mol. The lowest BCUT2D eigenvalue weighted by Gasteiger charge is -2.06.